The standard InChI is InChI=1S/C11H14N2S/c1-13-11(8-12,9-14-2)10-6-4-3-5-7-10/h3-7,13H,9H2,1-2H3. The third-order valence-corrected chi connectivity index (χ3v) is 2.97. The lowest BCUT2D eigenvalue weighted by molar-refractivity contribution is 0.528. The molecule has 0 bridgehead atoms. The Morgan fingerprint density at radius 1 is 1.43 bits per heavy atom. The molecule has 1 aromatic rings. The van der Waals surface area contributed by atoms with E-state index in [-0.39, 0.29) is 0 Å². The van der Waals surface area contributed by atoms with Gasteiger partial charge in [-0.1, -0.05) is 30.3 Å². The van der Waals surface area contributed by atoms with Crippen LogP contribution in [-0.2, 0) is 5.54 Å². The maximum absolute atomic E-state index is 9.24. The first-order valence-electron chi connectivity index (χ1n) is 4.43. The molecule has 0 aromatic heterocycles. The Kier molecular flexibility index (Phi) is 3.99. The lowest BCUT2D eigenvalue weighted by Gasteiger charge is -2.25. The van der Waals surface area contributed by atoms with Crippen LogP contribution in [-0.4, -0.2) is 19.1 Å². The number of hydrogen-bond donors (Lipinski definition) is 1. The average Bonchev–Trinajstić information content (AvgIpc) is 2.27. The molecular formula is C11H14N2S. The molecule has 0 saturated carbocycles. The van der Waals surface area contributed by atoms with E-state index < -0.39 is 5.54 Å². The van der Waals surface area contributed by atoms with E-state index in [9.17, 15) is 5.26 Å². The Labute approximate surface area is 89.3 Å². The maximum Gasteiger partial charge on any atom is 0.141 e. The van der Waals surface area contributed by atoms with E-state index in [2.05, 4.69) is 11.4 Å². The Bertz CT molecular complexity index is 318. The van der Waals surface area contributed by atoms with Crippen molar-refractivity contribution in [3.8, 4) is 6.07 Å². The molecule has 0 spiro atoms. The summed E-state index contributed by atoms with van der Waals surface area (Å²) in [6.07, 6.45) is 2.01. The van der Waals surface area contributed by atoms with Gasteiger partial charge in [-0.25, -0.2) is 0 Å². The van der Waals surface area contributed by atoms with Crippen LogP contribution in [0.1, 0.15) is 5.56 Å². The van der Waals surface area contributed by atoms with Crippen molar-refractivity contribution in [3.63, 3.8) is 0 Å². The van der Waals surface area contributed by atoms with Crippen LogP contribution in [0, 0.1) is 11.3 Å². The van der Waals surface area contributed by atoms with Gasteiger partial charge in [-0.15, -0.1) is 0 Å². The van der Waals surface area contributed by atoms with E-state index in [1.54, 1.807) is 11.8 Å². The van der Waals surface area contributed by atoms with Crippen LogP contribution in [0.3, 0.4) is 0 Å². The third-order valence-electron chi connectivity index (χ3n) is 2.25. The van der Waals surface area contributed by atoms with Gasteiger partial charge < -0.3 is 0 Å². The zero-order valence-electron chi connectivity index (χ0n) is 8.45. The van der Waals surface area contributed by atoms with Crippen molar-refractivity contribution in [2.24, 2.45) is 0 Å². The minimum absolute atomic E-state index is 0.555. The smallest absolute Gasteiger partial charge is 0.141 e. The van der Waals surface area contributed by atoms with Gasteiger partial charge in [0, 0.05) is 5.75 Å². The van der Waals surface area contributed by atoms with Crippen LogP contribution in [0.15, 0.2) is 30.3 Å². The maximum atomic E-state index is 9.24. The summed E-state index contributed by atoms with van der Waals surface area (Å²) in [4.78, 5) is 0. The average molecular weight is 206 g/mol. The highest BCUT2D eigenvalue weighted by molar-refractivity contribution is 7.98. The summed E-state index contributed by atoms with van der Waals surface area (Å²) in [5, 5.41) is 12.3. The van der Waals surface area contributed by atoms with Gasteiger partial charge in [0.2, 0.25) is 0 Å². The molecule has 0 aliphatic carbocycles. The number of rotatable bonds is 4. The third kappa shape index (κ3) is 2.09. The highest BCUT2D eigenvalue weighted by Gasteiger charge is 2.29. The molecule has 1 rings (SSSR count). The number of thioether (sulfide) groups is 1. The predicted molar refractivity (Wildman–Crippen MR) is 61.2 cm³/mol. The predicted octanol–water partition coefficient (Wildman–Crippen LogP) is 1.99. The second kappa shape index (κ2) is 5.04. The van der Waals surface area contributed by atoms with Gasteiger partial charge in [-0.2, -0.15) is 17.0 Å². The zero-order chi connectivity index (χ0) is 10.4. The zero-order valence-corrected chi connectivity index (χ0v) is 9.27. The topological polar surface area (TPSA) is 35.8 Å². The summed E-state index contributed by atoms with van der Waals surface area (Å²) in [6.45, 7) is 0. The van der Waals surface area contributed by atoms with Gasteiger partial charge in [0.05, 0.1) is 6.07 Å². The first-order chi connectivity index (χ1) is 6.79. The molecule has 1 N–H and O–H groups in total. The van der Waals surface area contributed by atoms with Crippen molar-refractivity contribution in [2.75, 3.05) is 19.1 Å². The molecule has 74 valence electrons. The molecule has 0 aliphatic rings. The molecule has 0 fully saturated rings. The van der Waals surface area contributed by atoms with Crippen LogP contribution in [0.25, 0.3) is 0 Å². The van der Waals surface area contributed by atoms with Crippen molar-refractivity contribution >= 4 is 11.8 Å². The van der Waals surface area contributed by atoms with E-state index in [1.165, 1.54) is 0 Å². The van der Waals surface area contributed by atoms with Gasteiger partial charge in [-0.05, 0) is 18.9 Å². The van der Waals surface area contributed by atoms with Crippen LogP contribution in [0.5, 0.6) is 0 Å². The summed E-state index contributed by atoms with van der Waals surface area (Å²) < 4.78 is 0. The van der Waals surface area contributed by atoms with Crippen LogP contribution >= 0.6 is 11.8 Å². The number of nitriles is 1. The van der Waals surface area contributed by atoms with Crippen molar-refractivity contribution in [2.45, 2.75) is 5.54 Å². The normalized spacial score (nSPS) is 14.4. The van der Waals surface area contributed by atoms with Crippen molar-refractivity contribution in [1.82, 2.24) is 5.32 Å². The fourth-order valence-corrected chi connectivity index (χ4v) is 2.20. The molecule has 1 aromatic carbocycles. The summed E-state index contributed by atoms with van der Waals surface area (Å²) in [5.74, 6) is 0.754. The highest BCUT2D eigenvalue weighted by atomic mass is 32.2. The van der Waals surface area contributed by atoms with Gasteiger partial charge in [0.25, 0.3) is 0 Å². The van der Waals surface area contributed by atoms with E-state index in [0.717, 1.165) is 11.3 Å². The number of nitrogens with one attached hydrogen (secondary N) is 1. The molecule has 1 unspecified atom stereocenters. The molecule has 0 amide bonds. The van der Waals surface area contributed by atoms with Gasteiger partial charge in [-0.3, -0.25) is 5.32 Å². The SMILES string of the molecule is CNC(C#N)(CSC)c1ccccc1. The lowest BCUT2D eigenvalue weighted by Crippen LogP contribution is -2.40. The molecule has 0 heterocycles. The largest absolute Gasteiger partial charge is 0.298 e. The Hall–Kier alpha value is -0.980. The summed E-state index contributed by atoms with van der Waals surface area (Å²) in [5.41, 5.74) is 0.472. The van der Waals surface area contributed by atoms with E-state index >= 15 is 0 Å². The first kappa shape index (κ1) is 11.1. The first-order valence-corrected chi connectivity index (χ1v) is 5.83. The molecule has 0 radical (unpaired) electrons. The van der Waals surface area contributed by atoms with E-state index in [1.807, 2.05) is 43.6 Å². The van der Waals surface area contributed by atoms with E-state index in [0.29, 0.717) is 0 Å². The van der Waals surface area contributed by atoms with Gasteiger partial charge in [0.15, 0.2) is 0 Å². The summed E-state index contributed by atoms with van der Waals surface area (Å²) >= 11 is 1.67. The quantitative estimate of drug-likeness (QED) is 0.818. The van der Waals surface area contributed by atoms with Gasteiger partial charge in [0.1, 0.15) is 5.54 Å². The van der Waals surface area contributed by atoms with Crippen molar-refractivity contribution in [1.29, 1.82) is 5.26 Å². The van der Waals surface area contributed by atoms with Crippen LogP contribution < -0.4 is 5.32 Å². The number of hydrogen-bond acceptors (Lipinski definition) is 3. The van der Waals surface area contributed by atoms with Gasteiger partial charge >= 0.3 is 0 Å². The summed E-state index contributed by atoms with van der Waals surface area (Å²) in [6, 6.07) is 12.2. The summed E-state index contributed by atoms with van der Waals surface area (Å²) in [7, 11) is 1.83. The molecule has 2 nitrogen and oxygen atoms in total. The molecule has 3 heteroatoms. The van der Waals surface area contributed by atoms with Crippen molar-refractivity contribution in [3.05, 3.63) is 35.9 Å². The monoisotopic (exact) mass is 206 g/mol. The van der Waals surface area contributed by atoms with Crippen molar-refractivity contribution < 1.29 is 0 Å². The molecule has 14 heavy (non-hydrogen) atoms. The van der Waals surface area contributed by atoms with Crippen LogP contribution in [0.4, 0.5) is 0 Å². The number of nitrogens with zero attached hydrogens (tertiary/aromatic N) is 1. The minimum Gasteiger partial charge on any atom is -0.298 e. The molecule has 0 aliphatic heterocycles. The second-order valence-corrected chi connectivity index (χ2v) is 3.93. The van der Waals surface area contributed by atoms with E-state index in [4.69, 9.17) is 0 Å². The fraction of sp³-hybridized carbons (Fsp3) is 0.364. The second-order valence-electron chi connectivity index (χ2n) is 3.07. The number of benzene rings is 1. The fourth-order valence-electron chi connectivity index (χ4n) is 1.39. The lowest BCUT2D eigenvalue weighted by atomic mass is 9.94. The minimum atomic E-state index is -0.555. The Morgan fingerprint density at radius 2 is 2.07 bits per heavy atom. The highest BCUT2D eigenvalue weighted by Crippen LogP contribution is 2.23. The van der Waals surface area contributed by atoms with Crippen LogP contribution in [0.2, 0.25) is 0 Å². The molecule has 0 saturated heterocycles. The Morgan fingerprint density at radius 3 is 2.50 bits per heavy atom. The molecule has 1 atom stereocenters. The molecular weight excluding hydrogens is 192 g/mol. The Balaban J connectivity index is 3.06.